The molecule has 1 heterocycles. The molecular formula is C15H20N4O2. The number of aromatic nitrogens is 2. The monoisotopic (exact) mass is 288 g/mol. The quantitative estimate of drug-likeness (QED) is 0.839. The lowest BCUT2D eigenvalue weighted by Gasteiger charge is -2.24. The molecule has 6 heteroatoms. The zero-order valence-corrected chi connectivity index (χ0v) is 12.1. The summed E-state index contributed by atoms with van der Waals surface area (Å²) < 4.78 is 11.3. The first-order valence-corrected chi connectivity index (χ1v) is 7.27. The predicted octanol–water partition coefficient (Wildman–Crippen LogP) is 2.71. The van der Waals surface area contributed by atoms with E-state index in [0.29, 0.717) is 29.7 Å². The second-order valence-electron chi connectivity index (χ2n) is 5.45. The topological polar surface area (TPSA) is 100 Å². The van der Waals surface area contributed by atoms with E-state index in [1.54, 1.807) is 18.2 Å². The van der Waals surface area contributed by atoms with Crippen molar-refractivity contribution < 1.29 is 9.26 Å². The van der Waals surface area contributed by atoms with Crippen LogP contribution >= 0.6 is 0 Å². The van der Waals surface area contributed by atoms with Crippen LogP contribution in [-0.4, -0.2) is 16.7 Å². The maximum Gasteiger partial charge on any atom is 0.258 e. The average molecular weight is 288 g/mol. The van der Waals surface area contributed by atoms with Crippen LogP contribution in [0.1, 0.15) is 38.4 Å². The minimum absolute atomic E-state index is 0.400. The molecular weight excluding hydrogens is 268 g/mol. The van der Waals surface area contributed by atoms with Gasteiger partial charge in [-0.1, -0.05) is 5.16 Å². The van der Waals surface area contributed by atoms with Gasteiger partial charge in [-0.2, -0.15) is 4.98 Å². The standard InChI is InChI=1S/C15H20N4O2/c1-2-20-15(5-3-4-6-15)14-18-13(21-19-14)10-7-11(16)9-12(17)8-10/h7-9H,2-6,16-17H2,1H3. The lowest BCUT2D eigenvalue weighted by atomic mass is 10.0. The van der Waals surface area contributed by atoms with Crippen LogP contribution in [0.4, 0.5) is 11.4 Å². The molecule has 1 saturated carbocycles. The van der Waals surface area contributed by atoms with E-state index >= 15 is 0 Å². The second-order valence-corrected chi connectivity index (χ2v) is 5.45. The van der Waals surface area contributed by atoms with Crippen molar-refractivity contribution in [2.24, 2.45) is 0 Å². The van der Waals surface area contributed by atoms with Crippen LogP contribution in [-0.2, 0) is 10.3 Å². The van der Waals surface area contributed by atoms with E-state index < -0.39 is 5.60 Å². The molecule has 0 bridgehead atoms. The summed E-state index contributed by atoms with van der Waals surface area (Å²) in [6.45, 7) is 2.62. The molecule has 112 valence electrons. The fourth-order valence-electron chi connectivity index (χ4n) is 2.98. The molecule has 0 saturated heterocycles. The summed E-state index contributed by atoms with van der Waals surface area (Å²) in [5.41, 5.74) is 13.1. The van der Waals surface area contributed by atoms with Gasteiger partial charge >= 0.3 is 0 Å². The highest BCUT2D eigenvalue weighted by Gasteiger charge is 2.40. The van der Waals surface area contributed by atoms with Crippen LogP contribution < -0.4 is 11.5 Å². The molecule has 1 aromatic carbocycles. The van der Waals surface area contributed by atoms with E-state index in [2.05, 4.69) is 10.1 Å². The van der Waals surface area contributed by atoms with Crippen molar-refractivity contribution in [3.63, 3.8) is 0 Å². The molecule has 3 rings (SSSR count). The first-order chi connectivity index (χ1) is 10.1. The second kappa shape index (κ2) is 5.37. The lowest BCUT2D eigenvalue weighted by Crippen LogP contribution is -2.27. The summed E-state index contributed by atoms with van der Waals surface area (Å²) in [4.78, 5) is 4.52. The third kappa shape index (κ3) is 2.58. The molecule has 6 nitrogen and oxygen atoms in total. The summed E-state index contributed by atoms with van der Waals surface area (Å²) in [5.74, 6) is 1.05. The maximum atomic E-state index is 5.94. The number of ether oxygens (including phenoxy) is 1. The van der Waals surface area contributed by atoms with E-state index in [1.807, 2.05) is 6.92 Å². The first kappa shape index (κ1) is 13.9. The highest BCUT2D eigenvalue weighted by Crippen LogP contribution is 2.41. The Morgan fingerprint density at radius 2 is 1.86 bits per heavy atom. The van der Waals surface area contributed by atoms with Crippen molar-refractivity contribution >= 4 is 11.4 Å². The zero-order valence-electron chi connectivity index (χ0n) is 12.1. The van der Waals surface area contributed by atoms with Crippen LogP contribution in [0, 0.1) is 0 Å². The highest BCUT2D eigenvalue weighted by atomic mass is 16.5. The Labute approximate surface area is 123 Å². The summed E-state index contributed by atoms with van der Waals surface area (Å²) in [6.07, 6.45) is 4.10. The summed E-state index contributed by atoms with van der Waals surface area (Å²) >= 11 is 0. The van der Waals surface area contributed by atoms with Crippen molar-refractivity contribution in [1.29, 1.82) is 0 Å². The zero-order chi connectivity index (χ0) is 14.9. The fourth-order valence-corrected chi connectivity index (χ4v) is 2.98. The smallest absolute Gasteiger partial charge is 0.258 e. The molecule has 1 aromatic heterocycles. The summed E-state index contributed by atoms with van der Waals surface area (Å²) in [7, 11) is 0. The molecule has 1 aliphatic rings. The Kier molecular flexibility index (Phi) is 3.55. The molecule has 2 aromatic rings. The highest BCUT2D eigenvalue weighted by molar-refractivity contribution is 5.67. The molecule has 0 unspecified atom stereocenters. The minimum atomic E-state index is -0.400. The van der Waals surface area contributed by atoms with Gasteiger partial charge in [0.2, 0.25) is 5.82 Å². The number of anilines is 2. The molecule has 0 spiro atoms. The summed E-state index contributed by atoms with van der Waals surface area (Å²) in [6, 6.07) is 5.24. The largest absolute Gasteiger partial charge is 0.399 e. The third-order valence-electron chi connectivity index (χ3n) is 3.89. The average Bonchev–Trinajstić information content (AvgIpc) is 3.07. The fraction of sp³-hybridized carbons (Fsp3) is 0.467. The number of benzene rings is 1. The Hall–Kier alpha value is -2.08. The number of nitrogens with zero attached hydrogens (tertiary/aromatic N) is 2. The van der Waals surface area contributed by atoms with Gasteiger partial charge in [0.05, 0.1) is 0 Å². The van der Waals surface area contributed by atoms with E-state index in [0.717, 1.165) is 31.2 Å². The van der Waals surface area contributed by atoms with Crippen LogP contribution in [0.15, 0.2) is 22.7 Å². The van der Waals surface area contributed by atoms with Crippen LogP contribution in [0.25, 0.3) is 11.5 Å². The molecule has 0 radical (unpaired) electrons. The maximum absolute atomic E-state index is 5.94. The van der Waals surface area contributed by atoms with Gasteiger partial charge < -0.3 is 20.7 Å². The molecule has 0 atom stereocenters. The molecule has 0 aliphatic heterocycles. The van der Waals surface area contributed by atoms with E-state index in [1.165, 1.54) is 0 Å². The Morgan fingerprint density at radius 1 is 1.19 bits per heavy atom. The van der Waals surface area contributed by atoms with Gasteiger partial charge in [-0.05, 0) is 50.8 Å². The van der Waals surface area contributed by atoms with Gasteiger partial charge in [-0.3, -0.25) is 0 Å². The molecule has 1 fully saturated rings. The Bertz CT molecular complexity index is 612. The Morgan fingerprint density at radius 3 is 2.48 bits per heavy atom. The number of hydrogen-bond donors (Lipinski definition) is 2. The van der Waals surface area contributed by atoms with Gasteiger partial charge in [0.25, 0.3) is 5.89 Å². The molecule has 21 heavy (non-hydrogen) atoms. The third-order valence-corrected chi connectivity index (χ3v) is 3.89. The number of hydrogen-bond acceptors (Lipinski definition) is 6. The Balaban J connectivity index is 1.95. The van der Waals surface area contributed by atoms with Crippen molar-refractivity contribution in [2.45, 2.75) is 38.2 Å². The van der Waals surface area contributed by atoms with E-state index in [-0.39, 0.29) is 0 Å². The van der Waals surface area contributed by atoms with E-state index in [9.17, 15) is 0 Å². The van der Waals surface area contributed by atoms with Gasteiger partial charge in [0.15, 0.2) is 0 Å². The normalized spacial score (nSPS) is 17.2. The van der Waals surface area contributed by atoms with Crippen LogP contribution in [0.5, 0.6) is 0 Å². The summed E-state index contributed by atoms with van der Waals surface area (Å²) in [5, 5.41) is 4.13. The first-order valence-electron chi connectivity index (χ1n) is 7.27. The number of rotatable bonds is 4. The SMILES string of the molecule is CCOC1(c2noc(-c3cc(N)cc(N)c3)n2)CCCC1. The van der Waals surface area contributed by atoms with Gasteiger partial charge in [-0.15, -0.1) is 0 Å². The van der Waals surface area contributed by atoms with Crippen LogP contribution in [0.3, 0.4) is 0 Å². The lowest BCUT2D eigenvalue weighted by molar-refractivity contribution is -0.0469. The molecule has 0 amide bonds. The van der Waals surface area contributed by atoms with E-state index in [4.69, 9.17) is 20.7 Å². The molecule has 4 N–H and O–H groups in total. The van der Waals surface area contributed by atoms with Gasteiger partial charge in [0.1, 0.15) is 5.60 Å². The van der Waals surface area contributed by atoms with Gasteiger partial charge in [-0.25, -0.2) is 0 Å². The number of nitrogen functional groups attached to an aromatic ring is 2. The minimum Gasteiger partial charge on any atom is -0.399 e. The predicted molar refractivity (Wildman–Crippen MR) is 80.3 cm³/mol. The van der Waals surface area contributed by atoms with Crippen molar-refractivity contribution in [1.82, 2.24) is 10.1 Å². The van der Waals surface area contributed by atoms with Crippen molar-refractivity contribution in [3.05, 3.63) is 24.0 Å². The van der Waals surface area contributed by atoms with Crippen LogP contribution in [0.2, 0.25) is 0 Å². The number of nitrogens with two attached hydrogens (primary N) is 2. The van der Waals surface area contributed by atoms with Crippen molar-refractivity contribution in [2.75, 3.05) is 18.1 Å². The molecule has 1 aliphatic carbocycles. The van der Waals surface area contributed by atoms with Gasteiger partial charge in [0, 0.05) is 23.5 Å². The van der Waals surface area contributed by atoms with Crippen molar-refractivity contribution in [3.8, 4) is 11.5 Å².